The number of nitrogens with zero attached hydrogens (tertiary/aromatic N) is 3. The summed E-state index contributed by atoms with van der Waals surface area (Å²) in [5, 5.41) is 0. The predicted octanol–water partition coefficient (Wildman–Crippen LogP) is 1.87. The molecule has 2 amide bonds. The third kappa shape index (κ3) is 6.06. The van der Waals surface area contributed by atoms with Crippen LogP contribution in [0.4, 0.5) is 0 Å². The molecule has 170 valence electrons. The monoisotopic (exact) mass is 429 g/mol. The molecular formula is C24H35N3O4. The van der Waals surface area contributed by atoms with Gasteiger partial charge in [-0.05, 0) is 39.2 Å². The molecule has 0 bridgehead atoms. The molecule has 2 saturated heterocycles. The molecule has 7 heteroatoms. The molecule has 0 radical (unpaired) electrons. The molecule has 7 nitrogen and oxygen atoms in total. The standard InChI is InChI=1S/C24H35N3O4/c1-4-31-24(30)21-6-5-11-27(17-21)23(29)19(3)25-12-14-26(15-13-25)22(28)16-20-9-7-18(2)8-10-20/h7-10,19,21H,4-6,11-17H2,1-3H3. The number of likely N-dealkylation sites (tertiary alicyclic amines) is 1. The Kier molecular flexibility index (Phi) is 8.07. The summed E-state index contributed by atoms with van der Waals surface area (Å²) in [7, 11) is 0. The number of benzene rings is 1. The minimum Gasteiger partial charge on any atom is -0.466 e. The number of hydrogen-bond acceptors (Lipinski definition) is 5. The average molecular weight is 430 g/mol. The Morgan fingerprint density at radius 2 is 1.71 bits per heavy atom. The number of ether oxygens (including phenoxy) is 1. The summed E-state index contributed by atoms with van der Waals surface area (Å²) in [5.74, 6) is -0.223. The number of carbonyl (C=O) groups excluding carboxylic acids is 3. The van der Waals surface area contributed by atoms with Crippen molar-refractivity contribution in [2.24, 2.45) is 5.92 Å². The van der Waals surface area contributed by atoms with Crippen molar-refractivity contribution < 1.29 is 19.1 Å². The van der Waals surface area contributed by atoms with Crippen LogP contribution in [0.25, 0.3) is 0 Å². The van der Waals surface area contributed by atoms with Crippen molar-refractivity contribution in [2.45, 2.75) is 46.1 Å². The second kappa shape index (κ2) is 10.8. The van der Waals surface area contributed by atoms with Gasteiger partial charge in [0.05, 0.1) is 25.0 Å². The molecule has 0 N–H and O–H groups in total. The molecule has 0 spiro atoms. The van der Waals surface area contributed by atoms with Gasteiger partial charge in [0, 0.05) is 39.3 Å². The van der Waals surface area contributed by atoms with E-state index >= 15 is 0 Å². The number of hydrogen-bond donors (Lipinski definition) is 0. The number of esters is 1. The zero-order valence-corrected chi connectivity index (χ0v) is 19.0. The minimum atomic E-state index is -0.254. The predicted molar refractivity (Wildman–Crippen MR) is 118 cm³/mol. The second-order valence-electron chi connectivity index (χ2n) is 8.63. The van der Waals surface area contributed by atoms with Crippen LogP contribution < -0.4 is 0 Å². The molecule has 31 heavy (non-hydrogen) atoms. The Labute approximate surface area is 185 Å². The average Bonchev–Trinajstić information content (AvgIpc) is 2.80. The van der Waals surface area contributed by atoms with Crippen LogP contribution in [0.15, 0.2) is 24.3 Å². The van der Waals surface area contributed by atoms with E-state index in [1.54, 1.807) is 6.92 Å². The maximum Gasteiger partial charge on any atom is 0.310 e. The topological polar surface area (TPSA) is 70.2 Å². The van der Waals surface area contributed by atoms with Gasteiger partial charge < -0.3 is 14.5 Å². The van der Waals surface area contributed by atoms with Crippen molar-refractivity contribution in [1.82, 2.24) is 14.7 Å². The van der Waals surface area contributed by atoms with Gasteiger partial charge >= 0.3 is 5.97 Å². The van der Waals surface area contributed by atoms with Crippen molar-refractivity contribution in [2.75, 3.05) is 45.9 Å². The van der Waals surface area contributed by atoms with Crippen molar-refractivity contribution in [3.63, 3.8) is 0 Å². The maximum atomic E-state index is 13.1. The van der Waals surface area contributed by atoms with Gasteiger partial charge in [0.15, 0.2) is 0 Å². The highest BCUT2D eigenvalue weighted by Crippen LogP contribution is 2.20. The van der Waals surface area contributed by atoms with Crippen LogP contribution in [0, 0.1) is 12.8 Å². The van der Waals surface area contributed by atoms with Gasteiger partial charge in [-0.2, -0.15) is 0 Å². The van der Waals surface area contributed by atoms with E-state index in [1.807, 2.05) is 47.9 Å². The van der Waals surface area contributed by atoms with E-state index in [9.17, 15) is 14.4 Å². The first-order valence-corrected chi connectivity index (χ1v) is 11.4. The number of piperazine rings is 1. The number of rotatable bonds is 6. The molecule has 2 unspecified atom stereocenters. The summed E-state index contributed by atoms with van der Waals surface area (Å²) in [6, 6.07) is 7.82. The third-order valence-electron chi connectivity index (χ3n) is 6.40. The zero-order chi connectivity index (χ0) is 22.4. The van der Waals surface area contributed by atoms with Gasteiger partial charge in [-0.1, -0.05) is 29.8 Å². The smallest absolute Gasteiger partial charge is 0.310 e. The Morgan fingerprint density at radius 1 is 1.03 bits per heavy atom. The lowest BCUT2D eigenvalue weighted by molar-refractivity contribution is -0.152. The van der Waals surface area contributed by atoms with Crippen LogP contribution in [0.5, 0.6) is 0 Å². The van der Waals surface area contributed by atoms with Gasteiger partial charge in [0.2, 0.25) is 11.8 Å². The molecule has 1 aromatic carbocycles. The fourth-order valence-corrected chi connectivity index (χ4v) is 4.40. The lowest BCUT2D eigenvalue weighted by Crippen LogP contribution is -2.56. The SMILES string of the molecule is CCOC(=O)C1CCCN(C(=O)C(C)N2CCN(C(=O)Cc3ccc(C)cc3)CC2)C1. The first kappa shape index (κ1) is 23.3. The molecule has 2 aliphatic rings. The van der Waals surface area contributed by atoms with Crippen LogP contribution in [-0.4, -0.2) is 84.4 Å². The van der Waals surface area contributed by atoms with E-state index in [0.717, 1.165) is 18.4 Å². The Morgan fingerprint density at radius 3 is 2.35 bits per heavy atom. The highest BCUT2D eigenvalue weighted by molar-refractivity contribution is 5.83. The number of amides is 2. The lowest BCUT2D eigenvalue weighted by Gasteiger charge is -2.40. The Bertz CT molecular complexity index is 772. The van der Waals surface area contributed by atoms with Crippen molar-refractivity contribution in [3.05, 3.63) is 35.4 Å². The first-order chi connectivity index (χ1) is 14.9. The van der Waals surface area contributed by atoms with Crippen LogP contribution >= 0.6 is 0 Å². The largest absolute Gasteiger partial charge is 0.466 e. The van der Waals surface area contributed by atoms with Crippen molar-refractivity contribution in [3.8, 4) is 0 Å². The highest BCUT2D eigenvalue weighted by atomic mass is 16.5. The van der Waals surface area contributed by atoms with Gasteiger partial charge in [0.1, 0.15) is 0 Å². The molecule has 2 aliphatic heterocycles. The molecule has 3 rings (SSSR count). The summed E-state index contributed by atoms with van der Waals surface area (Å²) in [6.07, 6.45) is 2.01. The Hall–Kier alpha value is -2.41. The molecule has 2 atom stereocenters. The number of piperidine rings is 1. The van der Waals surface area contributed by atoms with E-state index in [1.165, 1.54) is 5.56 Å². The van der Waals surface area contributed by atoms with E-state index in [2.05, 4.69) is 4.90 Å². The van der Waals surface area contributed by atoms with Crippen LogP contribution in [0.1, 0.15) is 37.8 Å². The summed E-state index contributed by atoms with van der Waals surface area (Å²) >= 11 is 0. The fraction of sp³-hybridized carbons (Fsp3) is 0.625. The van der Waals surface area contributed by atoms with Crippen LogP contribution in [0.2, 0.25) is 0 Å². The normalized spacial score (nSPS) is 20.9. The van der Waals surface area contributed by atoms with E-state index in [0.29, 0.717) is 52.3 Å². The molecule has 0 aromatic heterocycles. The van der Waals surface area contributed by atoms with Gasteiger partial charge in [-0.25, -0.2) is 0 Å². The maximum absolute atomic E-state index is 13.1. The number of aryl methyl sites for hydroxylation is 1. The fourth-order valence-electron chi connectivity index (χ4n) is 4.40. The lowest BCUT2D eigenvalue weighted by atomic mass is 9.97. The van der Waals surface area contributed by atoms with Crippen molar-refractivity contribution in [1.29, 1.82) is 0 Å². The molecular weight excluding hydrogens is 394 g/mol. The van der Waals surface area contributed by atoms with Crippen LogP contribution in [-0.2, 0) is 25.5 Å². The summed E-state index contributed by atoms with van der Waals surface area (Å²) < 4.78 is 5.14. The van der Waals surface area contributed by atoms with Crippen molar-refractivity contribution >= 4 is 17.8 Å². The number of carbonyl (C=O) groups is 3. The molecule has 2 fully saturated rings. The van der Waals surface area contributed by atoms with Gasteiger partial charge in [-0.15, -0.1) is 0 Å². The Balaban J connectivity index is 1.48. The first-order valence-electron chi connectivity index (χ1n) is 11.4. The zero-order valence-electron chi connectivity index (χ0n) is 19.0. The van der Waals surface area contributed by atoms with E-state index in [4.69, 9.17) is 4.74 Å². The molecule has 1 aromatic rings. The second-order valence-corrected chi connectivity index (χ2v) is 8.63. The third-order valence-corrected chi connectivity index (χ3v) is 6.40. The minimum absolute atomic E-state index is 0.0634. The van der Waals surface area contributed by atoms with E-state index in [-0.39, 0.29) is 29.7 Å². The summed E-state index contributed by atoms with van der Waals surface area (Å²) in [6.45, 7) is 9.90. The van der Waals surface area contributed by atoms with Crippen LogP contribution in [0.3, 0.4) is 0 Å². The molecule has 0 aliphatic carbocycles. The van der Waals surface area contributed by atoms with E-state index < -0.39 is 0 Å². The quantitative estimate of drug-likeness (QED) is 0.646. The van der Waals surface area contributed by atoms with Gasteiger partial charge in [0.25, 0.3) is 0 Å². The molecule has 0 saturated carbocycles. The summed E-state index contributed by atoms with van der Waals surface area (Å²) in [5.41, 5.74) is 2.22. The van der Waals surface area contributed by atoms with Gasteiger partial charge in [-0.3, -0.25) is 19.3 Å². The summed E-state index contributed by atoms with van der Waals surface area (Å²) in [4.78, 5) is 43.6. The highest BCUT2D eigenvalue weighted by Gasteiger charge is 2.34. The molecule has 2 heterocycles.